The van der Waals surface area contributed by atoms with Gasteiger partial charge in [0.05, 0.1) is 36.2 Å². The fraction of sp³-hybridized carbons (Fsp3) is 0.423. The lowest BCUT2D eigenvalue weighted by atomic mass is 9.68. The fourth-order valence-corrected chi connectivity index (χ4v) is 4.87. The number of rotatable bonds is 6. The van der Waals surface area contributed by atoms with Crippen molar-refractivity contribution in [2.45, 2.75) is 38.8 Å². The van der Waals surface area contributed by atoms with Gasteiger partial charge in [-0.05, 0) is 30.3 Å². The van der Waals surface area contributed by atoms with Crippen molar-refractivity contribution >= 4 is 29.1 Å². The number of hydrogen-bond acceptors (Lipinski definition) is 6. The van der Waals surface area contributed by atoms with Crippen LogP contribution in [0, 0.1) is 40.0 Å². The fourth-order valence-electron chi connectivity index (χ4n) is 4.87. The molecule has 2 aliphatic heterocycles. The van der Waals surface area contributed by atoms with Crippen molar-refractivity contribution in [2.24, 2.45) is 5.41 Å². The smallest absolute Gasteiger partial charge is 0.414 e. The number of hydrogen-bond donors (Lipinski definition) is 2. The van der Waals surface area contributed by atoms with E-state index in [4.69, 9.17) is 4.74 Å². The molecular weight excluding hydrogens is 506 g/mol. The van der Waals surface area contributed by atoms with E-state index in [1.165, 1.54) is 24.0 Å². The van der Waals surface area contributed by atoms with Gasteiger partial charge in [-0.15, -0.1) is 0 Å². The molecule has 2 aromatic carbocycles. The molecule has 2 heterocycles. The van der Waals surface area contributed by atoms with Gasteiger partial charge in [0.1, 0.15) is 17.5 Å². The number of benzene rings is 2. The van der Waals surface area contributed by atoms with E-state index in [1.807, 2.05) is 0 Å². The summed E-state index contributed by atoms with van der Waals surface area (Å²) in [4.78, 5) is 26.4. The van der Waals surface area contributed by atoms with E-state index < -0.39 is 46.4 Å². The Balaban J connectivity index is 1.51. The van der Waals surface area contributed by atoms with Crippen LogP contribution < -0.4 is 20.4 Å². The number of halogens is 4. The third-order valence-electron chi connectivity index (χ3n) is 7.11. The molecule has 12 heteroatoms. The van der Waals surface area contributed by atoms with E-state index in [-0.39, 0.29) is 49.9 Å². The molecule has 2 unspecified atom stereocenters. The number of carbonyl (C=O) groups is 2. The number of carbonyl (C=O) groups excluding carboxylic acids is 2. The number of piperidine rings is 1. The summed E-state index contributed by atoms with van der Waals surface area (Å²) in [6.07, 6.45) is -1.09. The van der Waals surface area contributed by atoms with Crippen molar-refractivity contribution < 1.29 is 31.9 Å². The number of amides is 2. The molecule has 202 valence electrons. The lowest BCUT2D eigenvalue weighted by Crippen LogP contribution is -2.61. The summed E-state index contributed by atoms with van der Waals surface area (Å²) < 4.78 is 62.0. The molecule has 2 N–H and O–H groups in total. The van der Waals surface area contributed by atoms with Crippen LogP contribution >= 0.6 is 0 Å². The minimum Gasteiger partial charge on any atom is -0.442 e. The molecule has 2 aromatic rings. The normalized spacial score (nSPS) is 22.6. The van der Waals surface area contributed by atoms with E-state index in [0.717, 1.165) is 12.1 Å². The molecule has 0 saturated carbocycles. The van der Waals surface area contributed by atoms with Gasteiger partial charge in [0.2, 0.25) is 5.91 Å². The molecule has 0 aliphatic carbocycles. The molecule has 0 aromatic heterocycles. The van der Waals surface area contributed by atoms with Gasteiger partial charge in [-0.25, -0.2) is 22.4 Å². The van der Waals surface area contributed by atoms with Crippen molar-refractivity contribution in [1.29, 1.82) is 5.26 Å². The van der Waals surface area contributed by atoms with E-state index >= 15 is 4.39 Å². The molecule has 4 rings (SSSR count). The van der Waals surface area contributed by atoms with E-state index in [2.05, 4.69) is 16.7 Å². The number of ether oxygens (including phenoxy) is 1. The van der Waals surface area contributed by atoms with Crippen LogP contribution in [0.3, 0.4) is 0 Å². The summed E-state index contributed by atoms with van der Waals surface area (Å²) in [7, 11) is 0. The Kier molecular flexibility index (Phi) is 7.14. The van der Waals surface area contributed by atoms with Crippen molar-refractivity contribution in [3.8, 4) is 6.07 Å². The number of anilines is 3. The number of nitrogens with zero attached hydrogens (tertiary/aromatic N) is 3. The summed E-state index contributed by atoms with van der Waals surface area (Å²) in [6.45, 7) is 5.51. The van der Waals surface area contributed by atoms with Gasteiger partial charge in [0, 0.05) is 31.8 Å². The Morgan fingerprint density at radius 2 is 1.89 bits per heavy atom. The molecule has 0 bridgehead atoms. The maximum atomic E-state index is 15.3. The third kappa shape index (κ3) is 4.92. The average Bonchev–Trinajstić information content (AvgIpc) is 3.24. The first-order valence-electron chi connectivity index (χ1n) is 12.0. The standard InChI is InChI=1S/C26H27F4N5O3/c1-15(36)32-11-17-12-35(24(37)38-17)16-4-7-21(19(28)10-16)34-9-8-26(13-31,25(2,3)14-34)33-20-6-5-18(27)22(29)23(20)30/h4-7,10,17,33H,8-9,11-12,14H2,1-3H3,(H,32,36). The maximum Gasteiger partial charge on any atom is 0.414 e. The lowest BCUT2D eigenvalue weighted by Gasteiger charge is -2.50. The molecule has 2 atom stereocenters. The zero-order chi connectivity index (χ0) is 27.8. The highest BCUT2D eigenvalue weighted by Gasteiger charge is 2.50. The Bertz CT molecular complexity index is 1310. The second-order valence-corrected chi connectivity index (χ2v) is 10.1. The van der Waals surface area contributed by atoms with Crippen LogP contribution in [0.4, 0.5) is 39.4 Å². The van der Waals surface area contributed by atoms with Gasteiger partial charge >= 0.3 is 6.09 Å². The van der Waals surface area contributed by atoms with Crippen LogP contribution in [0.15, 0.2) is 30.3 Å². The summed E-state index contributed by atoms with van der Waals surface area (Å²) in [5.74, 6) is -5.24. The molecular formula is C26H27F4N5O3. The van der Waals surface area contributed by atoms with Gasteiger partial charge in [-0.3, -0.25) is 9.69 Å². The summed E-state index contributed by atoms with van der Waals surface area (Å²) in [6, 6.07) is 8.31. The van der Waals surface area contributed by atoms with Gasteiger partial charge in [0.15, 0.2) is 17.5 Å². The van der Waals surface area contributed by atoms with Crippen LogP contribution in [0.1, 0.15) is 27.2 Å². The maximum absolute atomic E-state index is 15.3. The van der Waals surface area contributed by atoms with E-state index in [1.54, 1.807) is 24.8 Å². The molecule has 0 radical (unpaired) electrons. The predicted molar refractivity (Wildman–Crippen MR) is 132 cm³/mol. The van der Waals surface area contributed by atoms with Crippen LogP contribution in [0.2, 0.25) is 0 Å². The van der Waals surface area contributed by atoms with Crippen molar-refractivity contribution in [3.05, 3.63) is 53.6 Å². The molecule has 2 fully saturated rings. The molecule has 38 heavy (non-hydrogen) atoms. The predicted octanol–water partition coefficient (Wildman–Crippen LogP) is 4.32. The van der Waals surface area contributed by atoms with Crippen molar-refractivity contribution in [1.82, 2.24) is 5.32 Å². The summed E-state index contributed by atoms with van der Waals surface area (Å²) >= 11 is 0. The Labute approximate surface area is 217 Å². The zero-order valence-corrected chi connectivity index (χ0v) is 21.1. The van der Waals surface area contributed by atoms with E-state index in [0.29, 0.717) is 5.69 Å². The molecule has 2 amide bonds. The highest BCUT2D eigenvalue weighted by Crippen LogP contribution is 2.43. The van der Waals surface area contributed by atoms with Gasteiger partial charge in [0.25, 0.3) is 0 Å². The molecule has 2 saturated heterocycles. The molecule has 0 spiro atoms. The second-order valence-electron chi connectivity index (χ2n) is 10.1. The Morgan fingerprint density at radius 1 is 1.16 bits per heavy atom. The van der Waals surface area contributed by atoms with E-state index in [9.17, 15) is 28.0 Å². The highest BCUT2D eigenvalue weighted by atomic mass is 19.2. The third-order valence-corrected chi connectivity index (χ3v) is 7.11. The lowest BCUT2D eigenvalue weighted by molar-refractivity contribution is -0.119. The van der Waals surface area contributed by atoms with Gasteiger partial charge in [-0.2, -0.15) is 5.26 Å². The van der Waals surface area contributed by atoms with Crippen molar-refractivity contribution in [2.75, 3.05) is 41.3 Å². The van der Waals surface area contributed by atoms with Crippen molar-refractivity contribution in [3.63, 3.8) is 0 Å². The summed E-state index contributed by atoms with van der Waals surface area (Å²) in [5.41, 5.74) is -2.04. The second kappa shape index (κ2) is 10.0. The number of cyclic esters (lactones) is 1. The monoisotopic (exact) mass is 533 g/mol. The minimum atomic E-state index is -1.64. The topological polar surface area (TPSA) is 97.7 Å². The zero-order valence-electron chi connectivity index (χ0n) is 21.1. The van der Waals surface area contributed by atoms with Crippen LogP contribution in [-0.2, 0) is 9.53 Å². The highest BCUT2D eigenvalue weighted by molar-refractivity contribution is 5.90. The first kappa shape index (κ1) is 27.0. The van der Waals surface area contributed by atoms with Crippen LogP contribution in [-0.4, -0.2) is 49.8 Å². The molecule has 2 aliphatic rings. The Morgan fingerprint density at radius 3 is 2.53 bits per heavy atom. The summed E-state index contributed by atoms with van der Waals surface area (Å²) in [5, 5.41) is 15.4. The Hall–Kier alpha value is -4.01. The first-order valence-corrected chi connectivity index (χ1v) is 12.0. The number of nitriles is 1. The largest absolute Gasteiger partial charge is 0.442 e. The number of nitrogens with one attached hydrogen (secondary N) is 2. The first-order chi connectivity index (χ1) is 17.9. The van der Waals surface area contributed by atoms with Gasteiger partial charge in [-0.1, -0.05) is 13.8 Å². The molecule has 8 nitrogen and oxygen atoms in total. The van der Waals surface area contributed by atoms with Crippen LogP contribution in [0.25, 0.3) is 0 Å². The SMILES string of the molecule is CC(=O)NCC1CN(c2ccc(N3CCC(C#N)(Nc4ccc(F)c(F)c4F)C(C)(C)C3)c(F)c2)C(=O)O1. The van der Waals surface area contributed by atoms with Crippen LogP contribution in [0.5, 0.6) is 0 Å². The quantitative estimate of drug-likeness (QED) is 0.424. The minimum absolute atomic E-state index is 0.124. The average molecular weight is 534 g/mol. The van der Waals surface area contributed by atoms with Gasteiger partial charge < -0.3 is 20.3 Å².